The van der Waals surface area contributed by atoms with Crippen molar-refractivity contribution in [2.45, 2.75) is 69.0 Å². The van der Waals surface area contributed by atoms with Crippen LogP contribution in [0.15, 0.2) is 97.1 Å². The Morgan fingerprint density at radius 3 is 2.26 bits per heavy atom. The van der Waals surface area contributed by atoms with Crippen molar-refractivity contribution in [2.24, 2.45) is 0 Å². The molecule has 1 heterocycles. The van der Waals surface area contributed by atoms with Gasteiger partial charge in [0.15, 0.2) is 0 Å². The molecule has 0 saturated carbocycles. The maximum atomic E-state index is 13.3. The van der Waals surface area contributed by atoms with E-state index in [1.54, 1.807) is 23.9 Å². The van der Waals surface area contributed by atoms with Gasteiger partial charge >= 0.3 is 0 Å². The molecule has 0 bridgehead atoms. The Morgan fingerprint density at radius 1 is 0.891 bits per heavy atom. The quantitative estimate of drug-likeness (QED) is 0.0818. The Bertz CT molecular complexity index is 1500. The number of unbranched alkanes of at least 4 members (excludes halogenated alkanes) is 1. The summed E-state index contributed by atoms with van der Waals surface area (Å²) in [5.74, 6) is 0.651. The highest BCUT2D eigenvalue weighted by atomic mass is 32.2. The maximum Gasteiger partial charge on any atom is 0.123 e. The molecule has 6 nitrogen and oxygen atoms in total. The fraction of sp³-hybridized carbons (Fsp3) is 0.368. The van der Waals surface area contributed by atoms with Crippen molar-refractivity contribution in [3.05, 3.63) is 120 Å². The van der Waals surface area contributed by atoms with Gasteiger partial charge in [-0.15, -0.1) is 11.8 Å². The van der Waals surface area contributed by atoms with Crippen molar-refractivity contribution in [1.29, 1.82) is 0 Å². The number of benzene rings is 4. The van der Waals surface area contributed by atoms with Crippen LogP contribution in [0.25, 0.3) is 11.1 Å². The summed E-state index contributed by atoms with van der Waals surface area (Å²) in [5.41, 5.74) is 5.43. The van der Waals surface area contributed by atoms with Crippen LogP contribution < -0.4 is 4.90 Å². The van der Waals surface area contributed by atoms with Crippen molar-refractivity contribution in [2.75, 3.05) is 23.6 Å². The molecular weight excluding hydrogens is 601 g/mol. The second kappa shape index (κ2) is 16.4. The molecule has 5 atom stereocenters. The lowest BCUT2D eigenvalue weighted by atomic mass is 9.93. The smallest absolute Gasteiger partial charge is 0.123 e. The molecular formula is C38H44FNO5S. The molecule has 1 fully saturated rings. The van der Waals surface area contributed by atoms with Gasteiger partial charge in [0.1, 0.15) is 11.6 Å². The zero-order valence-corrected chi connectivity index (χ0v) is 27.0. The first-order valence-corrected chi connectivity index (χ1v) is 17.4. The van der Waals surface area contributed by atoms with Crippen LogP contribution >= 0.6 is 11.8 Å². The minimum Gasteiger partial charge on any atom is -0.508 e. The molecule has 4 aromatic rings. The van der Waals surface area contributed by atoms with E-state index in [2.05, 4.69) is 23.3 Å². The van der Waals surface area contributed by atoms with Gasteiger partial charge in [-0.1, -0.05) is 79.6 Å². The molecule has 0 aromatic heterocycles. The van der Waals surface area contributed by atoms with Gasteiger partial charge < -0.3 is 30.1 Å². The molecule has 0 amide bonds. The highest BCUT2D eigenvalue weighted by Crippen LogP contribution is 2.39. The van der Waals surface area contributed by atoms with Gasteiger partial charge in [0.05, 0.1) is 42.9 Å². The van der Waals surface area contributed by atoms with Crippen molar-refractivity contribution >= 4 is 17.4 Å². The molecule has 8 heteroatoms. The molecule has 4 aromatic carbocycles. The molecule has 0 spiro atoms. The molecule has 4 N–H and O–H groups in total. The van der Waals surface area contributed by atoms with Crippen LogP contribution in [0.2, 0.25) is 0 Å². The topological polar surface area (TPSA) is 93.4 Å². The molecule has 1 aliphatic heterocycles. The molecule has 1 saturated heterocycles. The predicted molar refractivity (Wildman–Crippen MR) is 183 cm³/mol. The number of aliphatic hydroxyl groups is 3. The zero-order valence-electron chi connectivity index (χ0n) is 26.2. The lowest BCUT2D eigenvalue weighted by Gasteiger charge is -2.34. The third kappa shape index (κ3) is 8.69. The zero-order chi connectivity index (χ0) is 32.5. The normalized spacial score (nSPS) is 19.5. The van der Waals surface area contributed by atoms with Crippen LogP contribution in [0.5, 0.6) is 5.75 Å². The number of halogens is 1. The van der Waals surface area contributed by atoms with Crippen molar-refractivity contribution in [1.82, 2.24) is 0 Å². The first kappa shape index (κ1) is 33.9. The summed E-state index contributed by atoms with van der Waals surface area (Å²) in [6, 6.07) is 30.0. The number of para-hydroxylation sites is 1. The summed E-state index contributed by atoms with van der Waals surface area (Å²) < 4.78 is 19.3. The molecule has 0 radical (unpaired) electrons. The standard InChI is InChI=1S/C38H44FNO5S/c1-46-25-40(31-7-3-2-4-8-31)35(9-5-6-10-36(43)27-15-18-30(39)19-16-27)34-20-17-29(21-37(34)44)26-11-13-28(14-12-26)38-23-32(42)22-33(24-41)45-38/h2-4,7-8,11-21,32-33,35-36,38,41-44H,5-6,9-10,22-25H2,1H3. The minimum absolute atomic E-state index is 0.0939. The Hall–Kier alpha value is -3.40. The second-order valence-corrected chi connectivity index (χ2v) is 12.9. The first-order valence-electron chi connectivity index (χ1n) is 16.0. The van der Waals surface area contributed by atoms with Crippen molar-refractivity contribution in [3.8, 4) is 16.9 Å². The molecule has 244 valence electrons. The van der Waals surface area contributed by atoms with Crippen LogP contribution in [-0.4, -0.2) is 51.4 Å². The van der Waals surface area contributed by atoms with Gasteiger partial charge in [-0.25, -0.2) is 4.39 Å². The lowest BCUT2D eigenvalue weighted by molar-refractivity contribution is -0.113. The van der Waals surface area contributed by atoms with Gasteiger partial charge in [-0.2, -0.15) is 0 Å². The van der Waals surface area contributed by atoms with E-state index in [1.165, 1.54) is 12.1 Å². The SMILES string of the molecule is CSCN(c1ccccc1)C(CCCCC(O)c1ccc(F)cc1)c1ccc(-c2ccc(C3CC(O)CC(CO)O3)cc2)cc1O. The van der Waals surface area contributed by atoms with E-state index < -0.39 is 12.2 Å². The molecule has 5 unspecified atom stereocenters. The Labute approximate surface area is 275 Å². The number of rotatable bonds is 14. The van der Waals surface area contributed by atoms with E-state index in [9.17, 15) is 24.8 Å². The monoisotopic (exact) mass is 645 g/mol. The van der Waals surface area contributed by atoms with Crippen molar-refractivity contribution in [3.63, 3.8) is 0 Å². The second-order valence-electron chi connectivity index (χ2n) is 12.0. The van der Waals surface area contributed by atoms with Crippen LogP contribution in [0.1, 0.15) is 73.5 Å². The minimum atomic E-state index is -0.652. The molecule has 46 heavy (non-hydrogen) atoms. The highest BCUT2D eigenvalue weighted by molar-refractivity contribution is 7.98. The van der Waals surface area contributed by atoms with Crippen LogP contribution in [-0.2, 0) is 4.74 Å². The summed E-state index contributed by atoms with van der Waals surface area (Å²) >= 11 is 1.72. The Morgan fingerprint density at radius 2 is 1.59 bits per heavy atom. The summed E-state index contributed by atoms with van der Waals surface area (Å²) in [6.45, 7) is -0.116. The molecule has 1 aliphatic rings. The molecule has 0 aliphatic carbocycles. The van der Waals surface area contributed by atoms with Gasteiger partial charge in [0, 0.05) is 24.1 Å². The average molecular weight is 646 g/mol. The number of aliphatic hydroxyl groups excluding tert-OH is 3. The van der Waals surface area contributed by atoms with E-state index in [-0.39, 0.29) is 36.4 Å². The maximum absolute atomic E-state index is 13.3. The number of aromatic hydroxyl groups is 1. The Balaban J connectivity index is 1.33. The van der Waals surface area contributed by atoms with E-state index in [0.717, 1.165) is 53.1 Å². The number of phenols is 1. The lowest BCUT2D eigenvalue weighted by Crippen LogP contribution is -2.33. The van der Waals surface area contributed by atoms with Gasteiger partial charge in [0.2, 0.25) is 0 Å². The third-order valence-corrected chi connectivity index (χ3v) is 9.32. The number of phenolic OH excluding ortho intramolecular Hbond substituents is 1. The number of hydrogen-bond donors (Lipinski definition) is 4. The summed E-state index contributed by atoms with van der Waals surface area (Å²) in [6.07, 6.45) is 4.16. The van der Waals surface area contributed by atoms with Crippen molar-refractivity contribution < 1.29 is 29.6 Å². The fourth-order valence-electron chi connectivity index (χ4n) is 6.33. The molecule has 5 rings (SSSR count). The van der Waals surface area contributed by atoms with Gasteiger partial charge in [-0.3, -0.25) is 0 Å². The number of hydrogen-bond acceptors (Lipinski definition) is 7. The van der Waals surface area contributed by atoms with Gasteiger partial charge in [0.25, 0.3) is 0 Å². The summed E-state index contributed by atoms with van der Waals surface area (Å²) in [7, 11) is 0. The van der Waals surface area contributed by atoms with E-state index in [1.807, 2.05) is 60.7 Å². The van der Waals surface area contributed by atoms with Crippen LogP contribution in [0.4, 0.5) is 10.1 Å². The predicted octanol–water partition coefficient (Wildman–Crippen LogP) is 7.93. The fourth-order valence-corrected chi connectivity index (χ4v) is 6.93. The summed E-state index contributed by atoms with van der Waals surface area (Å²) in [5, 5.41) is 41.9. The number of ether oxygens (including phenoxy) is 1. The Kier molecular flexibility index (Phi) is 12.1. The number of thioether (sulfide) groups is 1. The van der Waals surface area contributed by atoms with E-state index in [0.29, 0.717) is 24.8 Å². The van der Waals surface area contributed by atoms with Crippen LogP contribution in [0.3, 0.4) is 0 Å². The number of anilines is 1. The highest BCUT2D eigenvalue weighted by Gasteiger charge is 2.29. The van der Waals surface area contributed by atoms with Crippen LogP contribution in [0, 0.1) is 5.82 Å². The van der Waals surface area contributed by atoms with Gasteiger partial charge in [-0.05, 0) is 71.7 Å². The first-order chi connectivity index (χ1) is 22.4. The van der Waals surface area contributed by atoms with E-state index >= 15 is 0 Å². The van der Waals surface area contributed by atoms with E-state index in [4.69, 9.17) is 4.74 Å². The summed E-state index contributed by atoms with van der Waals surface area (Å²) in [4.78, 5) is 2.32. The average Bonchev–Trinajstić information content (AvgIpc) is 3.08. The number of nitrogens with zero attached hydrogens (tertiary/aromatic N) is 1. The third-order valence-electron chi connectivity index (χ3n) is 8.78. The largest absolute Gasteiger partial charge is 0.508 e.